The third kappa shape index (κ3) is 2.07. The van der Waals surface area contributed by atoms with Gasteiger partial charge in [-0.15, -0.1) is 0 Å². The molecule has 2 atom stereocenters. The maximum absolute atomic E-state index is 12.8. The number of amides is 2. The van der Waals surface area contributed by atoms with Gasteiger partial charge in [0.1, 0.15) is 12.1 Å². The number of anilines is 1. The van der Waals surface area contributed by atoms with Crippen LogP contribution >= 0.6 is 0 Å². The number of pyridine rings is 1. The Kier molecular flexibility index (Phi) is 3.20. The summed E-state index contributed by atoms with van der Waals surface area (Å²) in [6.07, 6.45) is 6.02. The maximum atomic E-state index is 12.8. The Balaban J connectivity index is 2.01. The topological polar surface area (TPSA) is 62.3 Å². The SMILES string of the molecule is CCC1C(=O)NC(C2CC2)C(=O)N1c1cnccc1C. The summed E-state index contributed by atoms with van der Waals surface area (Å²) < 4.78 is 0. The van der Waals surface area contributed by atoms with Crippen molar-refractivity contribution in [2.75, 3.05) is 4.90 Å². The zero-order chi connectivity index (χ0) is 14.3. The van der Waals surface area contributed by atoms with E-state index in [2.05, 4.69) is 10.3 Å². The van der Waals surface area contributed by atoms with Gasteiger partial charge in [0.25, 0.3) is 5.91 Å². The van der Waals surface area contributed by atoms with Crippen molar-refractivity contribution in [1.82, 2.24) is 10.3 Å². The second kappa shape index (κ2) is 4.89. The van der Waals surface area contributed by atoms with Gasteiger partial charge in [-0.25, -0.2) is 0 Å². The Morgan fingerprint density at radius 3 is 2.75 bits per heavy atom. The lowest BCUT2D eigenvalue weighted by molar-refractivity contribution is -0.134. The van der Waals surface area contributed by atoms with Crippen LogP contribution in [-0.4, -0.2) is 28.9 Å². The van der Waals surface area contributed by atoms with Crippen LogP contribution in [0.15, 0.2) is 18.5 Å². The van der Waals surface area contributed by atoms with Gasteiger partial charge in [-0.1, -0.05) is 6.92 Å². The minimum Gasteiger partial charge on any atom is -0.342 e. The summed E-state index contributed by atoms with van der Waals surface area (Å²) in [6.45, 7) is 3.86. The highest BCUT2D eigenvalue weighted by molar-refractivity contribution is 6.08. The molecule has 1 saturated heterocycles. The van der Waals surface area contributed by atoms with Gasteiger partial charge in [-0.3, -0.25) is 19.5 Å². The van der Waals surface area contributed by atoms with Crippen molar-refractivity contribution in [2.45, 2.75) is 45.2 Å². The van der Waals surface area contributed by atoms with Crippen molar-refractivity contribution in [3.8, 4) is 0 Å². The largest absolute Gasteiger partial charge is 0.342 e. The number of aryl methyl sites for hydroxylation is 1. The Morgan fingerprint density at radius 2 is 2.15 bits per heavy atom. The molecule has 1 N–H and O–H groups in total. The molecular weight excluding hydrogens is 254 g/mol. The van der Waals surface area contributed by atoms with Crippen LogP contribution in [0, 0.1) is 12.8 Å². The van der Waals surface area contributed by atoms with E-state index in [-0.39, 0.29) is 17.9 Å². The molecule has 3 rings (SSSR count). The third-order valence-electron chi connectivity index (χ3n) is 4.17. The molecule has 1 aliphatic carbocycles. The first-order valence-corrected chi connectivity index (χ1v) is 7.17. The van der Waals surface area contributed by atoms with Gasteiger partial charge in [0, 0.05) is 6.20 Å². The van der Waals surface area contributed by atoms with E-state index in [1.807, 2.05) is 19.9 Å². The standard InChI is InChI=1S/C15H19N3O2/c1-3-11-14(19)17-13(10-4-5-10)15(20)18(11)12-8-16-7-6-9(12)2/h6-8,10-11,13H,3-5H2,1-2H3,(H,17,19). The molecule has 0 radical (unpaired) electrons. The van der Waals surface area contributed by atoms with Gasteiger partial charge in [-0.2, -0.15) is 0 Å². The van der Waals surface area contributed by atoms with E-state index in [4.69, 9.17) is 0 Å². The fraction of sp³-hybridized carbons (Fsp3) is 0.533. The number of carbonyl (C=O) groups excluding carboxylic acids is 2. The Hall–Kier alpha value is -1.91. The molecule has 2 unspecified atom stereocenters. The second-order valence-electron chi connectivity index (χ2n) is 5.62. The third-order valence-corrected chi connectivity index (χ3v) is 4.17. The fourth-order valence-electron chi connectivity index (χ4n) is 2.84. The van der Waals surface area contributed by atoms with Crippen LogP contribution in [0.2, 0.25) is 0 Å². The van der Waals surface area contributed by atoms with Gasteiger partial charge in [0.05, 0.1) is 11.9 Å². The molecule has 2 heterocycles. The number of aromatic nitrogens is 1. The molecule has 5 nitrogen and oxygen atoms in total. The molecule has 20 heavy (non-hydrogen) atoms. The Labute approximate surface area is 118 Å². The van der Waals surface area contributed by atoms with E-state index in [1.54, 1.807) is 17.3 Å². The highest BCUT2D eigenvalue weighted by Gasteiger charge is 2.47. The Morgan fingerprint density at radius 1 is 1.40 bits per heavy atom. The summed E-state index contributed by atoms with van der Waals surface area (Å²) in [5, 5.41) is 2.90. The molecule has 2 aliphatic rings. The predicted octanol–water partition coefficient (Wildman–Crippen LogP) is 1.41. The minimum absolute atomic E-state index is 0.00931. The number of hydrogen-bond acceptors (Lipinski definition) is 3. The van der Waals surface area contributed by atoms with Crippen molar-refractivity contribution in [3.63, 3.8) is 0 Å². The van der Waals surface area contributed by atoms with Gasteiger partial charge in [0.15, 0.2) is 0 Å². The van der Waals surface area contributed by atoms with Crippen LogP contribution in [-0.2, 0) is 9.59 Å². The van der Waals surface area contributed by atoms with Crippen molar-refractivity contribution >= 4 is 17.5 Å². The zero-order valence-electron chi connectivity index (χ0n) is 11.8. The smallest absolute Gasteiger partial charge is 0.250 e. The van der Waals surface area contributed by atoms with E-state index >= 15 is 0 Å². The monoisotopic (exact) mass is 273 g/mol. The minimum atomic E-state index is -0.430. The molecule has 106 valence electrons. The van der Waals surface area contributed by atoms with Crippen LogP contribution < -0.4 is 10.2 Å². The van der Waals surface area contributed by atoms with Crippen molar-refractivity contribution < 1.29 is 9.59 Å². The van der Waals surface area contributed by atoms with Crippen molar-refractivity contribution in [2.24, 2.45) is 5.92 Å². The summed E-state index contributed by atoms with van der Waals surface area (Å²) in [5.41, 5.74) is 1.72. The lowest BCUT2D eigenvalue weighted by atomic mass is 10.0. The molecule has 1 aromatic heterocycles. The first-order valence-electron chi connectivity index (χ1n) is 7.17. The number of rotatable bonds is 3. The van der Waals surface area contributed by atoms with Crippen LogP contribution in [0.25, 0.3) is 0 Å². The van der Waals surface area contributed by atoms with Gasteiger partial charge >= 0.3 is 0 Å². The molecule has 1 aromatic rings. The van der Waals surface area contributed by atoms with E-state index in [0.29, 0.717) is 12.3 Å². The van der Waals surface area contributed by atoms with Gasteiger partial charge < -0.3 is 5.32 Å². The summed E-state index contributed by atoms with van der Waals surface area (Å²) in [5.74, 6) is 0.269. The van der Waals surface area contributed by atoms with E-state index < -0.39 is 6.04 Å². The summed E-state index contributed by atoms with van der Waals surface area (Å²) in [7, 11) is 0. The molecular formula is C15H19N3O2. The van der Waals surface area contributed by atoms with Crippen LogP contribution in [0.3, 0.4) is 0 Å². The van der Waals surface area contributed by atoms with E-state index in [1.165, 1.54) is 0 Å². The number of piperazine rings is 1. The predicted molar refractivity (Wildman–Crippen MR) is 75.2 cm³/mol. The van der Waals surface area contributed by atoms with E-state index in [0.717, 1.165) is 24.1 Å². The average molecular weight is 273 g/mol. The Bertz CT molecular complexity index is 554. The summed E-state index contributed by atoms with van der Waals surface area (Å²) in [4.78, 5) is 30.8. The average Bonchev–Trinajstić information content (AvgIpc) is 3.26. The molecule has 1 saturated carbocycles. The van der Waals surface area contributed by atoms with E-state index in [9.17, 15) is 9.59 Å². The van der Waals surface area contributed by atoms with Gasteiger partial charge in [-0.05, 0) is 43.7 Å². The molecule has 1 aliphatic heterocycles. The number of nitrogens with one attached hydrogen (secondary N) is 1. The maximum Gasteiger partial charge on any atom is 0.250 e. The van der Waals surface area contributed by atoms with Crippen LogP contribution in [0.5, 0.6) is 0 Å². The zero-order valence-corrected chi connectivity index (χ0v) is 11.8. The number of carbonyl (C=O) groups is 2. The number of hydrogen-bond donors (Lipinski definition) is 1. The quantitative estimate of drug-likeness (QED) is 0.905. The van der Waals surface area contributed by atoms with Crippen LogP contribution in [0.1, 0.15) is 31.7 Å². The fourth-order valence-corrected chi connectivity index (χ4v) is 2.84. The molecule has 0 bridgehead atoms. The lowest BCUT2D eigenvalue weighted by Crippen LogP contribution is -2.64. The molecule has 2 amide bonds. The summed E-state index contributed by atoms with van der Waals surface area (Å²) in [6, 6.07) is 1.08. The van der Waals surface area contributed by atoms with Crippen molar-refractivity contribution in [1.29, 1.82) is 0 Å². The normalized spacial score (nSPS) is 26.6. The number of nitrogens with zero attached hydrogens (tertiary/aromatic N) is 2. The highest BCUT2D eigenvalue weighted by Crippen LogP contribution is 2.36. The first-order chi connectivity index (χ1) is 9.63. The molecule has 5 heteroatoms. The molecule has 0 aromatic carbocycles. The summed E-state index contributed by atoms with van der Waals surface area (Å²) >= 11 is 0. The first kappa shape index (κ1) is 13.1. The molecule has 2 fully saturated rings. The lowest BCUT2D eigenvalue weighted by Gasteiger charge is -2.39. The van der Waals surface area contributed by atoms with Crippen molar-refractivity contribution in [3.05, 3.63) is 24.0 Å². The second-order valence-corrected chi connectivity index (χ2v) is 5.62. The van der Waals surface area contributed by atoms with Gasteiger partial charge in [0.2, 0.25) is 5.91 Å². The van der Waals surface area contributed by atoms with Crippen LogP contribution in [0.4, 0.5) is 5.69 Å². The molecule has 0 spiro atoms. The highest BCUT2D eigenvalue weighted by atomic mass is 16.2.